The van der Waals surface area contributed by atoms with Crippen molar-refractivity contribution in [3.63, 3.8) is 0 Å². The van der Waals surface area contributed by atoms with Gasteiger partial charge in [0.05, 0.1) is 12.0 Å². The van der Waals surface area contributed by atoms with Gasteiger partial charge in [-0.3, -0.25) is 0 Å². The molecule has 0 radical (unpaired) electrons. The van der Waals surface area contributed by atoms with Crippen molar-refractivity contribution in [3.05, 3.63) is 66.2 Å². The number of carbonyl (C=O) groups excluding carboxylic acids is 1. The fourth-order valence-electron chi connectivity index (χ4n) is 4.13. The SMILES string of the molecule is COC(=O)NC1CCN(CC[C@H](CN(C)S(=O)(=O)c2ccccc2)c2ccccc2)CC1. The van der Waals surface area contributed by atoms with Crippen LogP contribution >= 0.6 is 0 Å². The van der Waals surface area contributed by atoms with Crippen molar-refractivity contribution in [2.24, 2.45) is 0 Å². The second-order valence-electron chi connectivity index (χ2n) is 8.25. The molecule has 1 saturated heterocycles. The van der Waals surface area contributed by atoms with E-state index in [4.69, 9.17) is 0 Å². The number of sulfonamides is 1. The Balaban J connectivity index is 1.62. The molecule has 1 fully saturated rings. The molecule has 32 heavy (non-hydrogen) atoms. The molecular formula is C24H33N3O4S. The van der Waals surface area contributed by atoms with Crippen molar-refractivity contribution >= 4 is 16.1 Å². The molecule has 1 aliphatic rings. The highest BCUT2D eigenvalue weighted by atomic mass is 32.2. The summed E-state index contributed by atoms with van der Waals surface area (Å²) in [6.45, 7) is 3.09. The third kappa shape index (κ3) is 6.54. The van der Waals surface area contributed by atoms with Crippen LogP contribution in [0.15, 0.2) is 65.6 Å². The molecule has 0 unspecified atom stereocenters. The highest BCUT2D eigenvalue weighted by molar-refractivity contribution is 7.89. The number of likely N-dealkylation sites (tertiary alicyclic amines) is 1. The number of hydrogen-bond donors (Lipinski definition) is 1. The lowest BCUT2D eigenvalue weighted by molar-refractivity contribution is 0.150. The first kappa shape index (κ1) is 24.2. The highest BCUT2D eigenvalue weighted by Gasteiger charge is 2.26. The first-order valence-corrected chi connectivity index (χ1v) is 12.5. The van der Waals surface area contributed by atoms with E-state index in [1.165, 1.54) is 11.4 Å². The van der Waals surface area contributed by atoms with Crippen LogP contribution in [-0.4, -0.2) is 70.1 Å². The standard InChI is InChI=1S/C24H33N3O4S/c1-26(32(29,30)23-11-7-4-8-12-23)19-21(20-9-5-3-6-10-20)13-16-27-17-14-22(15-18-27)25-24(28)31-2/h3-12,21-22H,13-19H2,1-2H3,(H,25,28)/t21-/m1/s1. The largest absolute Gasteiger partial charge is 0.453 e. The fourth-order valence-corrected chi connectivity index (χ4v) is 5.37. The topological polar surface area (TPSA) is 79.0 Å². The van der Waals surface area contributed by atoms with Gasteiger partial charge in [-0.1, -0.05) is 48.5 Å². The Kier molecular flexibility index (Phi) is 8.67. The molecule has 174 valence electrons. The molecule has 8 heteroatoms. The van der Waals surface area contributed by atoms with E-state index in [9.17, 15) is 13.2 Å². The number of likely N-dealkylation sites (N-methyl/N-ethyl adjacent to an activating group) is 1. The summed E-state index contributed by atoms with van der Waals surface area (Å²) in [5, 5.41) is 2.88. The molecule has 0 spiro atoms. The van der Waals surface area contributed by atoms with E-state index in [0.717, 1.165) is 44.5 Å². The monoisotopic (exact) mass is 459 g/mol. The van der Waals surface area contributed by atoms with E-state index in [2.05, 4.69) is 27.1 Å². The maximum Gasteiger partial charge on any atom is 0.407 e. The Morgan fingerprint density at radius 1 is 1.09 bits per heavy atom. The van der Waals surface area contributed by atoms with Crippen LogP contribution in [0.25, 0.3) is 0 Å². The van der Waals surface area contributed by atoms with Crippen molar-refractivity contribution in [2.45, 2.75) is 36.1 Å². The molecule has 0 bridgehead atoms. The molecule has 0 aromatic heterocycles. The fraction of sp³-hybridized carbons (Fsp3) is 0.458. The van der Waals surface area contributed by atoms with Gasteiger partial charge in [-0.25, -0.2) is 17.5 Å². The van der Waals surface area contributed by atoms with Gasteiger partial charge in [0.1, 0.15) is 0 Å². The van der Waals surface area contributed by atoms with Crippen LogP contribution in [0.1, 0.15) is 30.7 Å². The molecule has 0 aliphatic carbocycles. The summed E-state index contributed by atoms with van der Waals surface area (Å²) in [5.74, 6) is 0.0885. The van der Waals surface area contributed by atoms with Crippen LogP contribution in [-0.2, 0) is 14.8 Å². The molecule has 1 N–H and O–H groups in total. The Hall–Kier alpha value is -2.42. The zero-order valence-electron chi connectivity index (χ0n) is 18.8. The van der Waals surface area contributed by atoms with Gasteiger partial charge >= 0.3 is 6.09 Å². The molecule has 1 heterocycles. The lowest BCUT2D eigenvalue weighted by Crippen LogP contribution is -2.45. The van der Waals surface area contributed by atoms with E-state index in [-0.39, 0.29) is 18.1 Å². The number of piperidine rings is 1. The van der Waals surface area contributed by atoms with Gasteiger partial charge in [0.2, 0.25) is 10.0 Å². The van der Waals surface area contributed by atoms with Gasteiger partial charge < -0.3 is 15.0 Å². The number of ether oxygens (including phenoxy) is 1. The van der Waals surface area contributed by atoms with Crippen LogP contribution < -0.4 is 5.32 Å². The summed E-state index contributed by atoms with van der Waals surface area (Å²) in [6, 6.07) is 18.8. The third-order valence-electron chi connectivity index (χ3n) is 6.09. The Labute approximate surface area is 191 Å². The van der Waals surface area contributed by atoms with Crippen molar-refractivity contribution in [1.82, 2.24) is 14.5 Å². The molecule has 0 saturated carbocycles. The zero-order valence-corrected chi connectivity index (χ0v) is 19.6. The van der Waals surface area contributed by atoms with Crippen LogP contribution in [0.2, 0.25) is 0 Å². The maximum atomic E-state index is 13.0. The first-order chi connectivity index (χ1) is 15.4. The molecule has 1 atom stereocenters. The number of benzene rings is 2. The summed E-state index contributed by atoms with van der Waals surface area (Å²) < 4.78 is 32.2. The van der Waals surface area contributed by atoms with E-state index in [1.54, 1.807) is 31.3 Å². The second-order valence-corrected chi connectivity index (χ2v) is 10.3. The van der Waals surface area contributed by atoms with E-state index in [1.807, 2.05) is 24.3 Å². The number of nitrogens with zero attached hydrogens (tertiary/aromatic N) is 2. The summed E-state index contributed by atoms with van der Waals surface area (Å²) in [5.41, 5.74) is 1.14. The summed E-state index contributed by atoms with van der Waals surface area (Å²) in [4.78, 5) is 14.1. The second kappa shape index (κ2) is 11.4. The van der Waals surface area contributed by atoms with Gasteiger partial charge in [0, 0.05) is 32.7 Å². The predicted molar refractivity (Wildman–Crippen MR) is 125 cm³/mol. The Morgan fingerprint density at radius 2 is 1.69 bits per heavy atom. The van der Waals surface area contributed by atoms with Crippen LogP contribution in [0.3, 0.4) is 0 Å². The van der Waals surface area contributed by atoms with E-state index >= 15 is 0 Å². The quantitative estimate of drug-likeness (QED) is 0.623. The highest BCUT2D eigenvalue weighted by Crippen LogP contribution is 2.25. The van der Waals surface area contributed by atoms with Gasteiger partial charge in [0.25, 0.3) is 0 Å². The summed E-state index contributed by atoms with van der Waals surface area (Å²) in [7, 11) is -0.506. The minimum Gasteiger partial charge on any atom is -0.453 e. The van der Waals surface area contributed by atoms with E-state index < -0.39 is 10.0 Å². The number of rotatable bonds is 9. The normalized spacial score (nSPS) is 16.6. The van der Waals surface area contributed by atoms with Crippen LogP contribution in [0.5, 0.6) is 0 Å². The molecule has 3 rings (SSSR count). The minimum atomic E-state index is -3.54. The summed E-state index contributed by atoms with van der Waals surface area (Å²) in [6.07, 6.45) is 2.24. The first-order valence-electron chi connectivity index (χ1n) is 11.0. The number of amides is 1. The molecule has 1 aliphatic heterocycles. The van der Waals surface area contributed by atoms with Crippen molar-refractivity contribution < 1.29 is 17.9 Å². The smallest absolute Gasteiger partial charge is 0.407 e. The lowest BCUT2D eigenvalue weighted by Gasteiger charge is -2.33. The zero-order chi connectivity index (χ0) is 23.0. The summed E-state index contributed by atoms with van der Waals surface area (Å²) >= 11 is 0. The van der Waals surface area contributed by atoms with Gasteiger partial charge in [-0.15, -0.1) is 0 Å². The number of hydrogen-bond acceptors (Lipinski definition) is 5. The third-order valence-corrected chi connectivity index (χ3v) is 7.93. The average molecular weight is 460 g/mol. The predicted octanol–water partition coefficient (Wildman–Crippen LogP) is 3.30. The molecular weight excluding hydrogens is 426 g/mol. The lowest BCUT2D eigenvalue weighted by atomic mass is 9.94. The van der Waals surface area contributed by atoms with E-state index in [0.29, 0.717) is 11.4 Å². The minimum absolute atomic E-state index is 0.0885. The molecule has 7 nitrogen and oxygen atoms in total. The van der Waals surface area contributed by atoms with Gasteiger partial charge in [-0.05, 0) is 49.4 Å². The van der Waals surface area contributed by atoms with Crippen molar-refractivity contribution in [1.29, 1.82) is 0 Å². The number of carbonyl (C=O) groups is 1. The van der Waals surface area contributed by atoms with Crippen LogP contribution in [0, 0.1) is 0 Å². The molecule has 2 aromatic carbocycles. The number of methoxy groups -OCH3 is 1. The van der Waals surface area contributed by atoms with Gasteiger partial charge in [-0.2, -0.15) is 0 Å². The van der Waals surface area contributed by atoms with Gasteiger partial charge in [0.15, 0.2) is 0 Å². The molecule has 2 aromatic rings. The van der Waals surface area contributed by atoms with Crippen molar-refractivity contribution in [3.8, 4) is 0 Å². The Bertz CT molecular complexity index is 946. The number of alkyl carbamates (subject to hydrolysis) is 1. The maximum absolute atomic E-state index is 13.0. The molecule has 1 amide bonds. The van der Waals surface area contributed by atoms with Crippen LogP contribution in [0.4, 0.5) is 4.79 Å². The average Bonchev–Trinajstić information content (AvgIpc) is 2.83. The number of nitrogens with one attached hydrogen (secondary N) is 1. The Morgan fingerprint density at radius 3 is 2.28 bits per heavy atom. The van der Waals surface area contributed by atoms with Crippen molar-refractivity contribution in [2.75, 3.05) is 40.3 Å².